The summed E-state index contributed by atoms with van der Waals surface area (Å²) in [5.74, 6) is -0.329. The van der Waals surface area contributed by atoms with Crippen LogP contribution in [0.5, 0.6) is 11.5 Å². The van der Waals surface area contributed by atoms with Gasteiger partial charge in [0, 0.05) is 39.3 Å². The molecule has 1 aromatic rings. The van der Waals surface area contributed by atoms with Crippen molar-refractivity contribution in [3.05, 3.63) is 23.8 Å². The Morgan fingerprint density at radius 1 is 1.19 bits per heavy atom. The zero-order valence-electron chi connectivity index (χ0n) is 12.6. The lowest BCUT2D eigenvalue weighted by Gasteiger charge is -2.35. The Hall–Kier alpha value is -1.79. The number of phenols is 2. The van der Waals surface area contributed by atoms with Crippen LogP contribution in [0.2, 0.25) is 0 Å². The molecule has 116 valence electrons. The third-order valence-electron chi connectivity index (χ3n) is 3.73. The molecule has 21 heavy (non-hydrogen) atoms. The van der Waals surface area contributed by atoms with Crippen molar-refractivity contribution in [3.63, 3.8) is 0 Å². The normalized spacial score (nSPS) is 16.4. The molecule has 1 fully saturated rings. The molecule has 0 aromatic heterocycles. The zero-order valence-corrected chi connectivity index (χ0v) is 12.6. The zero-order chi connectivity index (χ0) is 15.4. The molecule has 6 heteroatoms. The van der Waals surface area contributed by atoms with Crippen molar-refractivity contribution in [3.8, 4) is 11.5 Å². The lowest BCUT2D eigenvalue weighted by atomic mass is 10.1. The average molecular weight is 293 g/mol. The van der Waals surface area contributed by atoms with E-state index in [9.17, 15) is 15.0 Å². The molecule has 0 bridgehead atoms. The molecule has 0 spiro atoms. The van der Waals surface area contributed by atoms with Crippen LogP contribution in [0.3, 0.4) is 0 Å². The Balaban J connectivity index is 1.92. The minimum atomic E-state index is -0.226. The number of rotatable bonds is 4. The monoisotopic (exact) mass is 293 g/mol. The Labute approximate surface area is 125 Å². The van der Waals surface area contributed by atoms with Crippen molar-refractivity contribution in [2.24, 2.45) is 0 Å². The van der Waals surface area contributed by atoms with Gasteiger partial charge >= 0.3 is 0 Å². The van der Waals surface area contributed by atoms with Gasteiger partial charge in [-0.3, -0.25) is 9.69 Å². The van der Waals surface area contributed by atoms with Crippen LogP contribution in [0.25, 0.3) is 0 Å². The summed E-state index contributed by atoms with van der Waals surface area (Å²) in [5.41, 5.74) is 0.164. The predicted octanol–water partition coefficient (Wildman–Crippen LogP) is 0.417. The Bertz CT molecular complexity index is 497. The topological polar surface area (TPSA) is 67.2 Å². The first-order valence-corrected chi connectivity index (χ1v) is 7.15. The summed E-state index contributed by atoms with van der Waals surface area (Å²) in [4.78, 5) is 18.6. The van der Waals surface area contributed by atoms with E-state index in [0.29, 0.717) is 13.1 Å². The number of carbonyl (C=O) groups is 1. The van der Waals surface area contributed by atoms with Gasteiger partial charge in [-0.25, -0.2) is 0 Å². The highest BCUT2D eigenvalue weighted by atomic mass is 16.3. The molecule has 0 aliphatic carbocycles. The molecule has 1 aromatic carbocycles. The fourth-order valence-electron chi connectivity index (χ4n) is 2.38. The Kier molecular flexibility index (Phi) is 5.03. The minimum absolute atomic E-state index is 0.0132. The van der Waals surface area contributed by atoms with Gasteiger partial charge in [0.2, 0.25) is 0 Å². The van der Waals surface area contributed by atoms with E-state index in [-0.39, 0.29) is 23.0 Å². The number of amides is 1. The van der Waals surface area contributed by atoms with Gasteiger partial charge in [0.15, 0.2) is 0 Å². The molecule has 0 radical (unpaired) electrons. The lowest BCUT2D eigenvalue weighted by molar-refractivity contribution is 0.0626. The summed E-state index contributed by atoms with van der Waals surface area (Å²) in [6.45, 7) is 4.94. The molecule has 2 rings (SSSR count). The van der Waals surface area contributed by atoms with Crippen LogP contribution < -0.4 is 0 Å². The van der Waals surface area contributed by atoms with E-state index in [4.69, 9.17) is 0 Å². The summed E-state index contributed by atoms with van der Waals surface area (Å²) < 4.78 is 0. The van der Waals surface area contributed by atoms with E-state index in [2.05, 4.69) is 9.80 Å². The van der Waals surface area contributed by atoms with Crippen LogP contribution in [-0.4, -0.2) is 84.2 Å². The van der Waals surface area contributed by atoms with Crippen LogP contribution >= 0.6 is 0 Å². The van der Waals surface area contributed by atoms with Crippen LogP contribution in [0, 0.1) is 0 Å². The maximum atomic E-state index is 12.4. The number of piperazine rings is 1. The minimum Gasteiger partial charge on any atom is -0.508 e. The first-order valence-electron chi connectivity index (χ1n) is 7.15. The van der Waals surface area contributed by atoms with Gasteiger partial charge in [-0.1, -0.05) is 0 Å². The molecule has 1 aliphatic heterocycles. The number of phenolic OH excluding ortho intramolecular Hbond substituents is 2. The summed E-state index contributed by atoms with van der Waals surface area (Å²) in [6.07, 6.45) is 0. The summed E-state index contributed by atoms with van der Waals surface area (Å²) >= 11 is 0. The van der Waals surface area contributed by atoms with Crippen molar-refractivity contribution in [2.45, 2.75) is 0 Å². The maximum Gasteiger partial charge on any atom is 0.257 e. The first-order chi connectivity index (χ1) is 9.97. The number of hydrogen-bond donors (Lipinski definition) is 2. The fourth-order valence-corrected chi connectivity index (χ4v) is 2.38. The SMILES string of the molecule is CN(C)CCN1CCN(C(=O)c2cc(O)ccc2O)CC1. The highest BCUT2D eigenvalue weighted by molar-refractivity contribution is 5.97. The summed E-state index contributed by atoms with van der Waals surface area (Å²) in [5, 5.41) is 19.2. The van der Waals surface area contributed by atoms with Crippen molar-refractivity contribution in [2.75, 3.05) is 53.4 Å². The number of aromatic hydroxyl groups is 2. The Morgan fingerprint density at radius 2 is 1.86 bits per heavy atom. The van der Waals surface area contributed by atoms with Crippen LogP contribution in [0.1, 0.15) is 10.4 Å². The van der Waals surface area contributed by atoms with E-state index in [1.807, 2.05) is 14.1 Å². The molecule has 2 N–H and O–H groups in total. The maximum absolute atomic E-state index is 12.4. The second kappa shape index (κ2) is 6.78. The van der Waals surface area contributed by atoms with Crippen LogP contribution in [-0.2, 0) is 0 Å². The van der Waals surface area contributed by atoms with E-state index < -0.39 is 0 Å². The van der Waals surface area contributed by atoms with E-state index in [1.54, 1.807) is 4.90 Å². The van der Waals surface area contributed by atoms with Gasteiger partial charge in [0.25, 0.3) is 5.91 Å². The molecular formula is C15H23N3O3. The fraction of sp³-hybridized carbons (Fsp3) is 0.533. The second-order valence-corrected chi connectivity index (χ2v) is 5.64. The van der Waals surface area contributed by atoms with Crippen LogP contribution in [0.4, 0.5) is 0 Å². The number of likely N-dealkylation sites (N-methyl/N-ethyl adjacent to an activating group) is 1. The van der Waals surface area contributed by atoms with E-state index >= 15 is 0 Å². The van der Waals surface area contributed by atoms with Gasteiger partial charge < -0.3 is 20.0 Å². The highest BCUT2D eigenvalue weighted by Gasteiger charge is 2.24. The smallest absolute Gasteiger partial charge is 0.257 e. The van der Waals surface area contributed by atoms with Gasteiger partial charge in [0.05, 0.1) is 5.56 Å². The number of carbonyl (C=O) groups excluding carboxylic acids is 1. The van der Waals surface area contributed by atoms with Gasteiger partial charge in [-0.05, 0) is 32.3 Å². The summed E-state index contributed by atoms with van der Waals surface area (Å²) in [7, 11) is 4.09. The Morgan fingerprint density at radius 3 is 2.48 bits per heavy atom. The number of benzene rings is 1. The second-order valence-electron chi connectivity index (χ2n) is 5.64. The number of hydrogen-bond acceptors (Lipinski definition) is 5. The molecule has 1 aliphatic rings. The third-order valence-corrected chi connectivity index (χ3v) is 3.73. The largest absolute Gasteiger partial charge is 0.508 e. The van der Waals surface area contributed by atoms with E-state index in [1.165, 1.54) is 18.2 Å². The predicted molar refractivity (Wildman–Crippen MR) is 80.7 cm³/mol. The van der Waals surface area contributed by atoms with Crippen LogP contribution in [0.15, 0.2) is 18.2 Å². The van der Waals surface area contributed by atoms with Crippen molar-refractivity contribution < 1.29 is 15.0 Å². The van der Waals surface area contributed by atoms with Gasteiger partial charge in [0.1, 0.15) is 11.5 Å². The van der Waals surface area contributed by atoms with Crippen molar-refractivity contribution >= 4 is 5.91 Å². The quantitative estimate of drug-likeness (QED) is 0.788. The first kappa shape index (κ1) is 15.6. The van der Waals surface area contributed by atoms with Crippen molar-refractivity contribution in [1.29, 1.82) is 0 Å². The molecule has 6 nitrogen and oxygen atoms in total. The van der Waals surface area contributed by atoms with Gasteiger partial charge in [-0.15, -0.1) is 0 Å². The molecule has 1 saturated heterocycles. The molecule has 1 amide bonds. The molecule has 0 unspecified atom stereocenters. The standard InChI is InChI=1S/C15H23N3O3/c1-16(2)5-6-17-7-9-18(10-8-17)15(21)13-11-12(19)3-4-14(13)20/h3-4,11,19-20H,5-10H2,1-2H3. The lowest BCUT2D eigenvalue weighted by Crippen LogP contribution is -2.49. The average Bonchev–Trinajstić information content (AvgIpc) is 2.47. The van der Waals surface area contributed by atoms with E-state index in [0.717, 1.165) is 26.2 Å². The molecule has 1 heterocycles. The summed E-state index contributed by atoms with van der Waals surface area (Å²) in [6, 6.07) is 4.03. The third kappa shape index (κ3) is 4.09. The van der Waals surface area contributed by atoms with Gasteiger partial charge in [-0.2, -0.15) is 0 Å². The van der Waals surface area contributed by atoms with Crippen molar-refractivity contribution in [1.82, 2.24) is 14.7 Å². The number of nitrogens with zero attached hydrogens (tertiary/aromatic N) is 3. The molecule has 0 saturated carbocycles. The molecular weight excluding hydrogens is 270 g/mol. The molecule has 0 atom stereocenters. The highest BCUT2D eigenvalue weighted by Crippen LogP contribution is 2.23.